The average molecular weight is 889 g/mol. The second kappa shape index (κ2) is 33.3. The Morgan fingerprint density at radius 2 is 1.27 bits per heavy atom. The van der Waals surface area contributed by atoms with Gasteiger partial charge in [-0.05, 0) is 126 Å². The van der Waals surface area contributed by atoms with Crippen LogP contribution in [0.2, 0.25) is 5.02 Å². The molecule has 0 saturated heterocycles. The van der Waals surface area contributed by atoms with E-state index >= 15 is 0 Å². The average Bonchev–Trinajstić information content (AvgIpc) is 3.27. The fourth-order valence-corrected chi connectivity index (χ4v) is 5.90. The largest absolute Gasteiger partial charge is 0.478 e. The number of amides is 3. The number of aliphatic hydroxyl groups is 2. The molecular formula is C51H70ClN3O8. The highest BCUT2D eigenvalue weighted by Gasteiger charge is 2.34. The first-order valence-corrected chi connectivity index (χ1v) is 22.5. The van der Waals surface area contributed by atoms with Gasteiger partial charge in [-0.1, -0.05) is 104 Å². The maximum atomic E-state index is 13.5. The molecule has 12 heteroatoms. The van der Waals surface area contributed by atoms with Gasteiger partial charge in [-0.2, -0.15) is 0 Å². The molecule has 0 saturated carbocycles. The van der Waals surface area contributed by atoms with E-state index in [1.165, 1.54) is 0 Å². The normalized spacial score (nSPS) is 12.7. The predicted molar refractivity (Wildman–Crippen MR) is 254 cm³/mol. The fraction of sp³-hybridized carbons (Fsp3) is 0.451. The molecule has 0 spiro atoms. The summed E-state index contributed by atoms with van der Waals surface area (Å²) in [6.07, 6.45) is 34.3. The van der Waals surface area contributed by atoms with Gasteiger partial charge in [-0.15, -0.1) is 0 Å². The quantitative estimate of drug-likeness (QED) is 0.0277. The number of allylic oxidation sites excluding steroid dienone is 12. The number of rotatable bonds is 32. The van der Waals surface area contributed by atoms with Gasteiger partial charge in [-0.25, -0.2) is 4.79 Å². The van der Waals surface area contributed by atoms with Gasteiger partial charge < -0.3 is 35.6 Å². The fourth-order valence-electron chi connectivity index (χ4n) is 5.78. The molecule has 0 aliphatic carbocycles. The first kappa shape index (κ1) is 53.9. The lowest BCUT2D eigenvalue weighted by Gasteiger charge is -2.28. The van der Waals surface area contributed by atoms with E-state index in [0.29, 0.717) is 61.5 Å². The summed E-state index contributed by atoms with van der Waals surface area (Å²) in [4.78, 5) is 51.4. The standard InChI is InChI=1S/C51H70ClN3O8/c1-4-5-6-7-8-9-10-11-12-13-14-15-16-17-18-19-20-21-22-26-47(58)53-36-24-23-25-46(49(60)62-40-42(38-56)39-57)55-50(61)51(2,3)63-45-33-27-41(28-34-45)35-37-54-48(59)43-29-31-44(52)32-30-43/h5-6,8-9,11-12,14-15,17-18,20-21,27-34,42,46,56-57H,4,7,10,13,16,19,22-26,35-40H2,1-3H3,(H,53,58)(H,54,59)(H,55,61). The summed E-state index contributed by atoms with van der Waals surface area (Å²) >= 11 is 5.90. The van der Waals surface area contributed by atoms with Crippen LogP contribution >= 0.6 is 11.6 Å². The lowest BCUT2D eigenvalue weighted by atomic mass is 10.0. The highest BCUT2D eigenvalue weighted by Crippen LogP contribution is 2.20. The topological polar surface area (TPSA) is 163 Å². The summed E-state index contributed by atoms with van der Waals surface area (Å²) in [6.45, 7) is 5.22. The number of esters is 1. The Balaban J connectivity index is 1.73. The molecule has 1 atom stereocenters. The summed E-state index contributed by atoms with van der Waals surface area (Å²) in [7, 11) is 0. The van der Waals surface area contributed by atoms with Gasteiger partial charge in [0.1, 0.15) is 11.8 Å². The lowest BCUT2D eigenvalue weighted by molar-refractivity contribution is -0.152. The molecule has 5 N–H and O–H groups in total. The predicted octanol–water partition coefficient (Wildman–Crippen LogP) is 8.86. The number of aliphatic hydroxyl groups excluding tert-OH is 2. The number of carbonyl (C=O) groups is 4. The highest BCUT2D eigenvalue weighted by atomic mass is 35.5. The van der Waals surface area contributed by atoms with Crippen LogP contribution in [0.15, 0.2) is 121 Å². The van der Waals surface area contributed by atoms with Crippen LogP contribution in [0.25, 0.3) is 0 Å². The van der Waals surface area contributed by atoms with Crippen molar-refractivity contribution < 1.29 is 38.9 Å². The van der Waals surface area contributed by atoms with Crippen LogP contribution in [0, 0.1) is 5.92 Å². The minimum Gasteiger partial charge on any atom is -0.478 e. The van der Waals surface area contributed by atoms with E-state index in [9.17, 15) is 29.4 Å². The molecule has 2 aromatic rings. The maximum absolute atomic E-state index is 13.5. The molecule has 0 bridgehead atoms. The van der Waals surface area contributed by atoms with Crippen LogP contribution in [0.3, 0.4) is 0 Å². The van der Waals surface area contributed by atoms with Crippen molar-refractivity contribution in [2.75, 3.05) is 32.9 Å². The van der Waals surface area contributed by atoms with Crippen LogP contribution in [-0.2, 0) is 25.5 Å². The van der Waals surface area contributed by atoms with Gasteiger partial charge in [0.25, 0.3) is 11.8 Å². The molecule has 3 amide bonds. The van der Waals surface area contributed by atoms with Crippen LogP contribution in [-0.4, -0.2) is 78.5 Å². The molecule has 0 heterocycles. The number of halogens is 1. The molecule has 1 unspecified atom stereocenters. The molecule has 63 heavy (non-hydrogen) atoms. The van der Waals surface area contributed by atoms with Crippen molar-refractivity contribution in [1.82, 2.24) is 16.0 Å². The van der Waals surface area contributed by atoms with Gasteiger partial charge in [0.2, 0.25) is 5.91 Å². The summed E-state index contributed by atoms with van der Waals surface area (Å²) in [6, 6.07) is 12.8. The number of carbonyl (C=O) groups excluding carboxylic acids is 4. The minimum absolute atomic E-state index is 0.0642. The third-order valence-corrected chi connectivity index (χ3v) is 9.84. The van der Waals surface area contributed by atoms with E-state index in [4.69, 9.17) is 21.1 Å². The summed E-state index contributed by atoms with van der Waals surface area (Å²) in [5.74, 6) is -1.70. The van der Waals surface area contributed by atoms with Crippen molar-refractivity contribution in [3.05, 3.63) is 138 Å². The van der Waals surface area contributed by atoms with Crippen molar-refractivity contribution in [3.63, 3.8) is 0 Å². The SMILES string of the molecule is CCC=CCC=CCC=CCC=CCC=CCC=CCCC(=O)NCCCCC(NC(=O)C(C)(C)Oc1ccc(CCNC(=O)c2ccc(Cl)cc2)cc1)C(=O)OCC(CO)CO. The van der Waals surface area contributed by atoms with Crippen LogP contribution in [0.5, 0.6) is 5.75 Å². The zero-order valence-corrected chi connectivity index (χ0v) is 38.2. The number of nitrogens with one attached hydrogen (secondary N) is 3. The molecule has 344 valence electrons. The minimum atomic E-state index is -1.37. The second-order valence-corrected chi connectivity index (χ2v) is 15.9. The zero-order chi connectivity index (χ0) is 46.0. The van der Waals surface area contributed by atoms with Gasteiger partial charge in [0, 0.05) is 36.0 Å². The molecule has 11 nitrogen and oxygen atoms in total. The number of benzene rings is 2. The molecule has 0 radical (unpaired) electrons. The van der Waals surface area contributed by atoms with Crippen molar-refractivity contribution in [2.45, 2.75) is 109 Å². The molecule has 0 aliphatic heterocycles. The number of unbranched alkanes of at least 4 members (excludes halogenated alkanes) is 1. The van der Waals surface area contributed by atoms with Crippen molar-refractivity contribution >= 4 is 35.3 Å². The van der Waals surface area contributed by atoms with E-state index in [1.807, 2.05) is 18.2 Å². The molecule has 0 aromatic heterocycles. The van der Waals surface area contributed by atoms with Gasteiger partial charge in [0.05, 0.1) is 19.8 Å². The van der Waals surface area contributed by atoms with E-state index < -0.39 is 29.4 Å². The number of hydrogen-bond donors (Lipinski definition) is 5. The van der Waals surface area contributed by atoms with Crippen LogP contribution in [0.1, 0.15) is 107 Å². The molecule has 2 aromatic carbocycles. The molecule has 2 rings (SSSR count). The molecule has 0 aliphatic rings. The van der Waals surface area contributed by atoms with Crippen molar-refractivity contribution in [3.8, 4) is 5.75 Å². The number of hydrogen-bond acceptors (Lipinski definition) is 8. The Kier molecular flexibility index (Phi) is 28.5. The second-order valence-electron chi connectivity index (χ2n) is 15.5. The first-order valence-electron chi connectivity index (χ1n) is 22.2. The van der Waals surface area contributed by atoms with Gasteiger partial charge in [-0.3, -0.25) is 14.4 Å². The Labute approximate surface area is 380 Å². The Morgan fingerprint density at radius 1 is 0.714 bits per heavy atom. The maximum Gasteiger partial charge on any atom is 0.328 e. The van der Waals surface area contributed by atoms with E-state index in [-0.39, 0.29) is 38.1 Å². The van der Waals surface area contributed by atoms with Crippen LogP contribution < -0.4 is 20.7 Å². The van der Waals surface area contributed by atoms with E-state index in [2.05, 4.69) is 89.7 Å². The van der Waals surface area contributed by atoms with Crippen LogP contribution in [0.4, 0.5) is 0 Å². The summed E-state index contributed by atoms with van der Waals surface area (Å²) in [5, 5.41) is 28.0. The van der Waals surface area contributed by atoms with Gasteiger partial charge in [0.15, 0.2) is 5.60 Å². The third kappa shape index (κ3) is 25.5. The number of ether oxygens (including phenoxy) is 2. The Morgan fingerprint density at radius 3 is 1.83 bits per heavy atom. The Hall–Kier alpha value is -5.23. The highest BCUT2D eigenvalue weighted by molar-refractivity contribution is 6.30. The monoisotopic (exact) mass is 887 g/mol. The Bertz CT molecular complexity index is 1800. The lowest BCUT2D eigenvalue weighted by Crippen LogP contribution is -2.52. The van der Waals surface area contributed by atoms with Gasteiger partial charge >= 0.3 is 5.97 Å². The summed E-state index contributed by atoms with van der Waals surface area (Å²) in [5.41, 5.74) is 0.0999. The zero-order valence-electron chi connectivity index (χ0n) is 37.4. The molecule has 0 fully saturated rings. The van der Waals surface area contributed by atoms with E-state index in [0.717, 1.165) is 44.1 Å². The summed E-state index contributed by atoms with van der Waals surface area (Å²) < 4.78 is 11.4. The van der Waals surface area contributed by atoms with Crippen molar-refractivity contribution in [2.24, 2.45) is 5.92 Å². The molecular weight excluding hydrogens is 818 g/mol. The smallest absolute Gasteiger partial charge is 0.328 e. The third-order valence-electron chi connectivity index (χ3n) is 9.59. The van der Waals surface area contributed by atoms with E-state index in [1.54, 1.807) is 50.2 Å². The van der Waals surface area contributed by atoms with Crippen molar-refractivity contribution in [1.29, 1.82) is 0 Å². The first-order chi connectivity index (χ1) is 30.5.